The molecule has 0 bridgehead atoms. The Morgan fingerprint density at radius 2 is 1.89 bits per heavy atom. The van der Waals surface area contributed by atoms with E-state index in [1.165, 1.54) is 14.7 Å². The number of aryl methyl sites for hydroxylation is 1. The van der Waals surface area contributed by atoms with Crippen LogP contribution in [-0.4, -0.2) is 5.88 Å². The van der Waals surface area contributed by atoms with Crippen LogP contribution < -0.4 is 4.74 Å². The highest BCUT2D eigenvalue weighted by Gasteiger charge is 2.12. The van der Waals surface area contributed by atoms with Crippen molar-refractivity contribution < 1.29 is 4.74 Å². The molecule has 0 radical (unpaired) electrons. The topological polar surface area (TPSA) is 9.23 Å². The molecule has 0 aliphatic carbocycles. The van der Waals surface area contributed by atoms with E-state index < -0.39 is 0 Å². The molecule has 1 nitrogen and oxygen atoms in total. The average Bonchev–Trinajstić information content (AvgIpc) is 2.43. The zero-order chi connectivity index (χ0) is 13.7. The number of hydrogen-bond acceptors (Lipinski definition) is 1. The summed E-state index contributed by atoms with van der Waals surface area (Å²) < 4.78 is 7.34. The first kappa shape index (κ1) is 14.7. The van der Waals surface area contributed by atoms with Gasteiger partial charge in [-0.25, -0.2) is 0 Å². The number of hydrogen-bond donors (Lipinski definition) is 0. The standard InChI is InChI=1S/C16H16ClIO/c1-12-11-14(7-8-15(12)18)19-16(9-10-17)13-5-3-2-4-6-13/h2-8,11,16H,9-10H2,1H3/t16-/m1/s1. The minimum Gasteiger partial charge on any atom is -0.486 e. The third-order valence-electron chi connectivity index (χ3n) is 2.95. The first-order valence-corrected chi connectivity index (χ1v) is 7.85. The second kappa shape index (κ2) is 7.15. The van der Waals surface area contributed by atoms with E-state index in [0.29, 0.717) is 5.88 Å². The molecular formula is C16H16ClIO. The van der Waals surface area contributed by atoms with Crippen molar-refractivity contribution in [1.82, 2.24) is 0 Å². The molecule has 100 valence electrons. The predicted molar refractivity (Wildman–Crippen MR) is 89.0 cm³/mol. The van der Waals surface area contributed by atoms with Gasteiger partial charge in [0.15, 0.2) is 0 Å². The molecule has 0 aromatic heterocycles. The Bertz CT molecular complexity index is 528. The Balaban J connectivity index is 2.19. The Kier molecular flexibility index (Phi) is 5.52. The monoisotopic (exact) mass is 386 g/mol. The van der Waals surface area contributed by atoms with Gasteiger partial charge >= 0.3 is 0 Å². The molecule has 3 heteroatoms. The van der Waals surface area contributed by atoms with Crippen LogP contribution in [0.25, 0.3) is 0 Å². The van der Waals surface area contributed by atoms with Gasteiger partial charge in [0, 0.05) is 15.9 Å². The van der Waals surface area contributed by atoms with E-state index in [9.17, 15) is 0 Å². The lowest BCUT2D eigenvalue weighted by molar-refractivity contribution is 0.202. The van der Waals surface area contributed by atoms with Gasteiger partial charge < -0.3 is 4.74 Å². The van der Waals surface area contributed by atoms with Crippen molar-refractivity contribution in [2.75, 3.05) is 5.88 Å². The summed E-state index contributed by atoms with van der Waals surface area (Å²) in [5.41, 5.74) is 2.40. The largest absolute Gasteiger partial charge is 0.486 e. The van der Waals surface area contributed by atoms with E-state index in [2.05, 4.69) is 53.8 Å². The Morgan fingerprint density at radius 3 is 2.53 bits per heavy atom. The van der Waals surface area contributed by atoms with Crippen molar-refractivity contribution in [1.29, 1.82) is 0 Å². The minimum atomic E-state index is 0.0122. The summed E-state index contributed by atoms with van der Waals surface area (Å²) in [5.74, 6) is 1.49. The molecule has 2 aromatic rings. The molecule has 0 N–H and O–H groups in total. The molecule has 0 aliphatic rings. The number of rotatable bonds is 5. The third-order valence-corrected chi connectivity index (χ3v) is 4.38. The molecule has 0 heterocycles. The third kappa shape index (κ3) is 4.11. The summed E-state index contributed by atoms with van der Waals surface area (Å²) >= 11 is 8.21. The van der Waals surface area contributed by atoms with Gasteiger partial charge in [0.25, 0.3) is 0 Å². The first-order valence-electron chi connectivity index (χ1n) is 6.24. The van der Waals surface area contributed by atoms with Crippen molar-refractivity contribution in [3.05, 3.63) is 63.2 Å². The highest BCUT2D eigenvalue weighted by atomic mass is 127. The predicted octanol–water partition coefficient (Wildman–Crippen LogP) is 5.35. The van der Waals surface area contributed by atoms with E-state index in [1.807, 2.05) is 24.3 Å². The fourth-order valence-electron chi connectivity index (χ4n) is 1.92. The summed E-state index contributed by atoms with van der Waals surface area (Å²) in [6, 6.07) is 16.4. The highest BCUT2D eigenvalue weighted by molar-refractivity contribution is 14.1. The molecule has 0 spiro atoms. The highest BCUT2D eigenvalue weighted by Crippen LogP contribution is 2.27. The van der Waals surface area contributed by atoms with Crippen molar-refractivity contribution in [3.63, 3.8) is 0 Å². The van der Waals surface area contributed by atoms with Gasteiger partial charge in [-0.2, -0.15) is 0 Å². The van der Waals surface area contributed by atoms with Gasteiger partial charge in [-0.15, -0.1) is 11.6 Å². The van der Waals surface area contributed by atoms with Gasteiger partial charge in [-0.05, 0) is 58.8 Å². The van der Waals surface area contributed by atoms with E-state index in [4.69, 9.17) is 16.3 Å². The summed E-state index contributed by atoms with van der Waals surface area (Å²) in [7, 11) is 0. The molecular weight excluding hydrogens is 371 g/mol. The minimum absolute atomic E-state index is 0.0122. The zero-order valence-corrected chi connectivity index (χ0v) is 13.7. The summed E-state index contributed by atoms with van der Waals surface area (Å²) in [4.78, 5) is 0. The van der Waals surface area contributed by atoms with Gasteiger partial charge in [-0.3, -0.25) is 0 Å². The summed E-state index contributed by atoms with van der Waals surface area (Å²) in [5, 5.41) is 0. The molecule has 0 fully saturated rings. The SMILES string of the molecule is Cc1cc(O[C@H](CCCl)c2ccccc2)ccc1I. The molecule has 0 aliphatic heterocycles. The fourth-order valence-corrected chi connectivity index (χ4v) is 2.45. The number of halogens is 2. The number of alkyl halides is 1. The van der Waals surface area contributed by atoms with E-state index in [1.54, 1.807) is 0 Å². The van der Waals surface area contributed by atoms with Gasteiger partial charge in [0.05, 0.1) is 0 Å². The van der Waals surface area contributed by atoms with E-state index in [0.717, 1.165) is 12.2 Å². The number of ether oxygens (including phenoxy) is 1. The van der Waals surface area contributed by atoms with Crippen LogP contribution in [0.4, 0.5) is 0 Å². The van der Waals surface area contributed by atoms with Crippen LogP contribution in [0.1, 0.15) is 23.7 Å². The normalized spacial score (nSPS) is 12.2. The maximum atomic E-state index is 6.09. The second-order valence-electron chi connectivity index (χ2n) is 4.41. The van der Waals surface area contributed by atoms with Crippen molar-refractivity contribution in [3.8, 4) is 5.75 Å². The van der Waals surface area contributed by atoms with Gasteiger partial charge in [0.2, 0.25) is 0 Å². The van der Waals surface area contributed by atoms with Crippen LogP contribution in [0.2, 0.25) is 0 Å². The van der Waals surface area contributed by atoms with Crippen molar-refractivity contribution >= 4 is 34.2 Å². The Morgan fingerprint density at radius 1 is 1.16 bits per heavy atom. The lowest BCUT2D eigenvalue weighted by Crippen LogP contribution is -2.08. The zero-order valence-electron chi connectivity index (χ0n) is 10.8. The van der Waals surface area contributed by atoms with E-state index >= 15 is 0 Å². The van der Waals surface area contributed by atoms with Crippen LogP contribution in [0.5, 0.6) is 5.75 Å². The van der Waals surface area contributed by atoms with Crippen LogP contribution >= 0.6 is 34.2 Å². The summed E-state index contributed by atoms with van der Waals surface area (Å²) in [6.07, 6.45) is 0.814. The van der Waals surface area contributed by atoms with E-state index in [-0.39, 0.29) is 6.10 Å². The number of benzene rings is 2. The molecule has 0 amide bonds. The van der Waals surface area contributed by atoms with Crippen LogP contribution in [0.15, 0.2) is 48.5 Å². The lowest BCUT2D eigenvalue weighted by Gasteiger charge is -2.19. The maximum absolute atomic E-state index is 6.09. The van der Waals surface area contributed by atoms with Gasteiger partial charge in [-0.1, -0.05) is 30.3 Å². The molecule has 0 unspecified atom stereocenters. The lowest BCUT2D eigenvalue weighted by atomic mass is 10.1. The first-order chi connectivity index (χ1) is 9.20. The summed E-state index contributed by atoms with van der Waals surface area (Å²) in [6.45, 7) is 2.09. The van der Waals surface area contributed by atoms with Crippen molar-refractivity contribution in [2.24, 2.45) is 0 Å². The Labute approximate surface area is 133 Å². The average molecular weight is 387 g/mol. The fraction of sp³-hybridized carbons (Fsp3) is 0.250. The molecule has 1 atom stereocenters. The molecule has 2 aromatic carbocycles. The van der Waals surface area contributed by atoms with Crippen molar-refractivity contribution in [2.45, 2.75) is 19.4 Å². The molecule has 2 rings (SSSR count). The smallest absolute Gasteiger partial charge is 0.125 e. The Hall–Kier alpha value is -0.740. The molecule has 0 saturated carbocycles. The molecule has 0 saturated heterocycles. The van der Waals surface area contributed by atoms with Crippen LogP contribution in [0.3, 0.4) is 0 Å². The van der Waals surface area contributed by atoms with Crippen LogP contribution in [0, 0.1) is 10.5 Å². The van der Waals surface area contributed by atoms with Crippen LogP contribution in [-0.2, 0) is 0 Å². The molecule has 19 heavy (non-hydrogen) atoms. The second-order valence-corrected chi connectivity index (χ2v) is 5.95. The maximum Gasteiger partial charge on any atom is 0.125 e. The van der Waals surface area contributed by atoms with Gasteiger partial charge in [0.1, 0.15) is 11.9 Å². The quantitative estimate of drug-likeness (QED) is 0.497.